The summed E-state index contributed by atoms with van der Waals surface area (Å²) in [5.41, 5.74) is 6.22. The van der Waals surface area contributed by atoms with Crippen LogP contribution in [0.15, 0.2) is 60.7 Å². The fourth-order valence-electron chi connectivity index (χ4n) is 8.19. The number of primary amides is 1. The van der Waals surface area contributed by atoms with Crippen LogP contribution in [0.1, 0.15) is 155 Å². The number of allylic oxidation sites excluding steroid dienone is 4. The van der Waals surface area contributed by atoms with Gasteiger partial charge in [-0.05, 0) is 87.8 Å². The van der Waals surface area contributed by atoms with Gasteiger partial charge in [0.2, 0.25) is 17.7 Å². The molecule has 2 rings (SSSR count). The van der Waals surface area contributed by atoms with Crippen molar-refractivity contribution in [3.8, 4) is 0 Å². The summed E-state index contributed by atoms with van der Waals surface area (Å²) in [5.74, 6) is -2.60. The Morgan fingerprint density at radius 2 is 1.35 bits per heavy atom. The zero-order valence-electron chi connectivity index (χ0n) is 45.6. The number of imide groups is 1. The average molecular weight is 1050 g/mol. The molecule has 2 unspecified atom stereocenters. The van der Waals surface area contributed by atoms with E-state index in [2.05, 4.69) is 59.4 Å². The molecule has 0 bridgehead atoms. The van der Waals surface area contributed by atoms with Gasteiger partial charge in [0.1, 0.15) is 18.7 Å². The summed E-state index contributed by atoms with van der Waals surface area (Å²) >= 11 is 0. The van der Waals surface area contributed by atoms with Gasteiger partial charge in [0.15, 0.2) is 12.4 Å². The fraction of sp³-hybridized carbons (Fsp3) is 0.625. The molecule has 0 radical (unpaired) electrons. The van der Waals surface area contributed by atoms with Crippen molar-refractivity contribution in [2.75, 3.05) is 45.6 Å². The molecule has 75 heavy (non-hydrogen) atoms. The largest absolute Gasteiger partial charge is 0.445 e. The Balaban J connectivity index is 1.90. The molecule has 0 fully saturated rings. The minimum absolute atomic E-state index is 0.0685. The lowest BCUT2D eigenvalue weighted by molar-refractivity contribution is -0.137. The van der Waals surface area contributed by atoms with Gasteiger partial charge in [-0.3, -0.25) is 33.7 Å². The lowest BCUT2D eigenvalue weighted by Gasteiger charge is -2.27. The normalized spacial score (nSPS) is 13.9. The minimum atomic E-state index is -1.06. The number of aldehydes is 1. The second-order valence-corrected chi connectivity index (χ2v) is 19.5. The number of carbonyl (C=O) groups is 9. The van der Waals surface area contributed by atoms with Crippen molar-refractivity contribution >= 4 is 59.7 Å². The first-order valence-corrected chi connectivity index (χ1v) is 27.1. The number of nitrogens with one attached hydrogen (secondary N) is 4. The molecule has 0 aromatic heterocycles. The number of urea groups is 1. The molecule has 418 valence electrons. The lowest BCUT2D eigenvalue weighted by Crippen LogP contribution is -2.54. The molecule has 0 saturated carbocycles. The molecule has 1 aromatic carbocycles. The highest BCUT2D eigenvalue weighted by molar-refractivity contribution is 6.12. The summed E-state index contributed by atoms with van der Waals surface area (Å²) in [4.78, 5) is 117. The number of hydrogen-bond donors (Lipinski definition) is 5. The van der Waals surface area contributed by atoms with Crippen molar-refractivity contribution in [3.63, 3.8) is 0 Å². The maximum atomic E-state index is 13.6. The van der Waals surface area contributed by atoms with Crippen LogP contribution in [0.4, 0.5) is 20.1 Å². The molecule has 1 heterocycles. The van der Waals surface area contributed by atoms with Crippen molar-refractivity contribution in [1.82, 2.24) is 30.7 Å². The lowest BCUT2D eigenvalue weighted by atomic mass is 9.90. The van der Waals surface area contributed by atoms with Crippen LogP contribution >= 0.6 is 0 Å². The van der Waals surface area contributed by atoms with E-state index in [4.69, 9.17) is 15.2 Å². The predicted molar refractivity (Wildman–Crippen MR) is 290 cm³/mol. The standard InChI is InChI=1S/C56H88N8O11/c1-7-9-11-13-14-15-16-17-19-22-27-44(26-21-18-12-10-8-2)47(40-65)75-56(73)63(6)39-38-62(5)55(72)74-41-43-30-32-45(33-31-43)59-52(69)46(28-25-36-58-54(57)71)60-53(70)51(42(3)4)61-48(66)29-23-20-24-37-64-49(67)34-35-50(64)68/h9,11,14-15,30-35,40,42,44,46-47,51H,7-8,10,12-13,16-29,36-39,41H2,1-6H3,(H,59,69)(H,60,70)(H,61,66)(H3,57,58,71)/t44?,46-,47?,51-/m0/s1. The maximum Gasteiger partial charge on any atom is 0.410 e. The number of nitrogens with two attached hydrogens (primary N) is 1. The van der Waals surface area contributed by atoms with E-state index in [0.29, 0.717) is 36.9 Å². The molecule has 19 heteroatoms. The monoisotopic (exact) mass is 1050 g/mol. The van der Waals surface area contributed by atoms with Crippen molar-refractivity contribution in [2.45, 2.75) is 174 Å². The molecule has 4 atom stereocenters. The van der Waals surface area contributed by atoms with Gasteiger partial charge < -0.3 is 46.3 Å². The number of carbonyl (C=O) groups excluding carboxylic acids is 9. The van der Waals surface area contributed by atoms with Gasteiger partial charge >= 0.3 is 18.2 Å². The number of hydrogen-bond acceptors (Lipinski definition) is 11. The highest BCUT2D eigenvalue weighted by Crippen LogP contribution is 2.24. The van der Waals surface area contributed by atoms with Gasteiger partial charge in [0, 0.05) is 70.5 Å². The molecule has 1 aliphatic rings. The van der Waals surface area contributed by atoms with Crippen molar-refractivity contribution in [3.05, 3.63) is 66.3 Å². The number of rotatable bonds is 39. The van der Waals surface area contributed by atoms with E-state index in [-0.39, 0.29) is 75.2 Å². The van der Waals surface area contributed by atoms with E-state index < -0.39 is 48.2 Å². The Morgan fingerprint density at radius 3 is 1.97 bits per heavy atom. The van der Waals surface area contributed by atoms with E-state index >= 15 is 0 Å². The third kappa shape index (κ3) is 27.5. The summed E-state index contributed by atoms with van der Waals surface area (Å²) in [6.07, 6.45) is 25.1. The topological polar surface area (TPSA) is 256 Å². The van der Waals surface area contributed by atoms with Crippen LogP contribution in [-0.4, -0.2) is 127 Å². The quantitative estimate of drug-likeness (QED) is 0.0182. The van der Waals surface area contributed by atoms with Crippen LogP contribution in [0.3, 0.4) is 0 Å². The second kappa shape index (κ2) is 38.1. The van der Waals surface area contributed by atoms with Crippen LogP contribution in [0, 0.1) is 11.8 Å². The van der Waals surface area contributed by atoms with Gasteiger partial charge in [0.05, 0.1) is 0 Å². The van der Waals surface area contributed by atoms with Crippen molar-refractivity contribution in [2.24, 2.45) is 17.6 Å². The van der Waals surface area contributed by atoms with Crippen molar-refractivity contribution < 1.29 is 52.6 Å². The summed E-state index contributed by atoms with van der Waals surface area (Å²) in [5, 5.41) is 10.8. The number of nitrogens with zero attached hydrogens (tertiary/aromatic N) is 3. The third-order valence-electron chi connectivity index (χ3n) is 12.8. The van der Waals surface area contributed by atoms with Gasteiger partial charge in [-0.1, -0.05) is 115 Å². The zero-order valence-corrected chi connectivity index (χ0v) is 45.6. The summed E-state index contributed by atoms with van der Waals surface area (Å²) in [6, 6.07) is 3.81. The van der Waals surface area contributed by atoms with Crippen LogP contribution in [0.5, 0.6) is 0 Å². The molecule has 1 aliphatic heterocycles. The van der Waals surface area contributed by atoms with Crippen LogP contribution in [-0.2, 0) is 44.8 Å². The number of benzene rings is 1. The SMILES string of the molecule is CCC=CCC=CCCCCCC(CCCCCCC)C(C=O)OC(=O)N(C)CCN(C)C(=O)OCc1ccc(NC(=O)[C@H](CCCNC(N)=O)NC(=O)[C@@H](NC(=O)CCCCCN2C(=O)C=CC2=O)C(C)C)cc1. The Hall–Kier alpha value is -6.53. The van der Waals surface area contributed by atoms with Gasteiger partial charge in [-0.2, -0.15) is 0 Å². The molecule has 0 saturated heterocycles. The smallest absolute Gasteiger partial charge is 0.410 e. The molecule has 0 aliphatic carbocycles. The van der Waals surface area contributed by atoms with Crippen LogP contribution in [0.2, 0.25) is 0 Å². The van der Waals surface area contributed by atoms with Crippen LogP contribution in [0.25, 0.3) is 0 Å². The molecule has 1 aromatic rings. The number of unbranched alkanes of at least 4 members (excludes halogenated alkanes) is 9. The third-order valence-corrected chi connectivity index (χ3v) is 12.8. The van der Waals surface area contributed by atoms with E-state index in [9.17, 15) is 43.2 Å². The highest BCUT2D eigenvalue weighted by Gasteiger charge is 2.30. The molecule has 0 spiro atoms. The summed E-state index contributed by atoms with van der Waals surface area (Å²) < 4.78 is 11.3. The number of anilines is 1. The van der Waals surface area contributed by atoms with Gasteiger partial charge in [-0.25, -0.2) is 14.4 Å². The average Bonchev–Trinajstić information content (AvgIpc) is 3.71. The Bertz CT molecular complexity index is 2010. The predicted octanol–water partition coefficient (Wildman–Crippen LogP) is 8.23. The van der Waals surface area contributed by atoms with E-state index in [1.165, 1.54) is 28.4 Å². The van der Waals surface area contributed by atoms with E-state index in [1.807, 2.05) is 0 Å². The number of ether oxygens (including phenoxy) is 2. The molecule has 19 nitrogen and oxygen atoms in total. The van der Waals surface area contributed by atoms with E-state index in [1.54, 1.807) is 52.2 Å². The zero-order chi connectivity index (χ0) is 55.4. The molecular formula is C56H88N8O11. The maximum absolute atomic E-state index is 13.6. The Morgan fingerprint density at radius 1 is 0.720 bits per heavy atom. The fourth-order valence-corrected chi connectivity index (χ4v) is 8.19. The summed E-state index contributed by atoms with van der Waals surface area (Å²) in [6.45, 7) is 8.41. The Labute approximate surface area is 445 Å². The molecule has 9 amide bonds. The highest BCUT2D eigenvalue weighted by atomic mass is 16.6. The molecule has 6 N–H and O–H groups in total. The van der Waals surface area contributed by atoms with Crippen molar-refractivity contribution in [1.29, 1.82) is 0 Å². The number of amides is 9. The van der Waals surface area contributed by atoms with Crippen LogP contribution < -0.4 is 27.0 Å². The second-order valence-electron chi connectivity index (χ2n) is 19.5. The minimum Gasteiger partial charge on any atom is -0.445 e. The first-order chi connectivity index (χ1) is 36.0. The Kier molecular flexibility index (Phi) is 32.8. The van der Waals surface area contributed by atoms with Gasteiger partial charge in [-0.15, -0.1) is 0 Å². The van der Waals surface area contributed by atoms with Gasteiger partial charge in [0.25, 0.3) is 11.8 Å². The number of likely N-dealkylation sites (N-methyl/N-ethyl adjacent to an activating group) is 2. The first kappa shape index (κ1) is 64.6. The molecular weight excluding hydrogens is 961 g/mol. The summed E-state index contributed by atoms with van der Waals surface area (Å²) in [7, 11) is 3.11. The van der Waals surface area contributed by atoms with E-state index in [0.717, 1.165) is 88.2 Å². The first-order valence-electron chi connectivity index (χ1n) is 27.1.